The molecule has 0 unspecified atom stereocenters. The van der Waals surface area contributed by atoms with Gasteiger partial charge in [0.05, 0.1) is 17.5 Å². The number of hydrogen-bond donors (Lipinski definition) is 1. The van der Waals surface area contributed by atoms with Crippen molar-refractivity contribution in [3.05, 3.63) is 71.9 Å². The van der Waals surface area contributed by atoms with Gasteiger partial charge in [-0.2, -0.15) is 0 Å². The number of pyridine rings is 1. The zero-order valence-electron chi connectivity index (χ0n) is 21.0. The molecule has 0 spiro atoms. The molecular formula is C29H36N2O4S. The number of nitrogens with one attached hydrogen (secondary N) is 1. The van der Waals surface area contributed by atoms with E-state index in [1.165, 1.54) is 19.3 Å². The van der Waals surface area contributed by atoms with Crippen molar-refractivity contribution in [3.8, 4) is 5.75 Å². The third kappa shape index (κ3) is 7.29. The Kier molecular flexibility index (Phi) is 8.62. The van der Waals surface area contributed by atoms with Crippen molar-refractivity contribution in [2.24, 2.45) is 0 Å². The number of rotatable bonds is 7. The number of fused-ring (bicyclic) bond motifs is 1. The maximum absolute atomic E-state index is 12.8. The SMILES string of the molecule is CS(=O)(=O)NC(=O)CC1(c2ccc(OCc3ccc4ccccc4n3)cc2)CCCCCCCCC1. The Hall–Kier alpha value is -2.93. The van der Waals surface area contributed by atoms with E-state index < -0.39 is 15.9 Å². The number of benzene rings is 2. The topological polar surface area (TPSA) is 85.4 Å². The van der Waals surface area contributed by atoms with Crippen LogP contribution in [0.1, 0.15) is 75.5 Å². The first-order valence-corrected chi connectivity index (χ1v) is 14.8. The van der Waals surface area contributed by atoms with E-state index in [-0.39, 0.29) is 11.8 Å². The van der Waals surface area contributed by atoms with Crippen LogP contribution in [0.4, 0.5) is 0 Å². The second kappa shape index (κ2) is 11.9. The van der Waals surface area contributed by atoms with Crippen LogP contribution in [0.2, 0.25) is 0 Å². The quantitative estimate of drug-likeness (QED) is 0.420. The Morgan fingerprint density at radius 1 is 0.889 bits per heavy atom. The molecule has 0 radical (unpaired) electrons. The van der Waals surface area contributed by atoms with Gasteiger partial charge in [0, 0.05) is 17.2 Å². The molecule has 1 fully saturated rings. The zero-order chi connectivity index (χ0) is 25.4. The summed E-state index contributed by atoms with van der Waals surface area (Å²) < 4.78 is 31.6. The van der Waals surface area contributed by atoms with Crippen molar-refractivity contribution in [2.45, 2.75) is 76.2 Å². The van der Waals surface area contributed by atoms with Crippen molar-refractivity contribution in [1.29, 1.82) is 0 Å². The van der Waals surface area contributed by atoms with Crippen LogP contribution in [0, 0.1) is 0 Å². The van der Waals surface area contributed by atoms with Gasteiger partial charge < -0.3 is 4.74 Å². The molecular weight excluding hydrogens is 472 g/mol. The first-order valence-electron chi connectivity index (χ1n) is 12.9. The number of amides is 1. The lowest BCUT2D eigenvalue weighted by atomic mass is 9.69. The highest BCUT2D eigenvalue weighted by molar-refractivity contribution is 7.89. The molecule has 1 aliphatic rings. The molecule has 1 saturated carbocycles. The average Bonchev–Trinajstić information content (AvgIpc) is 2.85. The highest BCUT2D eigenvalue weighted by atomic mass is 32.2. The Morgan fingerprint density at radius 3 is 2.19 bits per heavy atom. The fourth-order valence-electron chi connectivity index (χ4n) is 5.30. The molecule has 1 heterocycles. The highest BCUT2D eigenvalue weighted by Gasteiger charge is 2.35. The first kappa shape index (κ1) is 26.1. The molecule has 3 aromatic rings. The monoisotopic (exact) mass is 508 g/mol. The summed E-state index contributed by atoms with van der Waals surface area (Å²) in [6.07, 6.45) is 10.9. The minimum Gasteiger partial charge on any atom is -0.487 e. The van der Waals surface area contributed by atoms with Gasteiger partial charge in [-0.05, 0) is 42.7 Å². The second-order valence-corrected chi connectivity index (χ2v) is 11.8. The van der Waals surface area contributed by atoms with E-state index in [0.717, 1.165) is 72.7 Å². The van der Waals surface area contributed by atoms with E-state index in [2.05, 4.69) is 15.8 Å². The molecule has 1 N–H and O–H groups in total. The van der Waals surface area contributed by atoms with Crippen LogP contribution in [-0.4, -0.2) is 25.6 Å². The molecule has 192 valence electrons. The molecule has 0 atom stereocenters. The number of carbonyl (C=O) groups excluding carboxylic acids is 1. The van der Waals surface area contributed by atoms with Gasteiger partial charge in [0.25, 0.3) is 0 Å². The van der Waals surface area contributed by atoms with E-state index in [0.29, 0.717) is 6.61 Å². The summed E-state index contributed by atoms with van der Waals surface area (Å²) in [5.41, 5.74) is 2.49. The van der Waals surface area contributed by atoms with E-state index in [9.17, 15) is 13.2 Å². The third-order valence-corrected chi connectivity index (χ3v) is 7.72. The fraction of sp³-hybridized carbons (Fsp3) is 0.448. The Labute approximate surface area is 214 Å². The molecule has 0 saturated heterocycles. The molecule has 1 aromatic heterocycles. The van der Waals surface area contributed by atoms with Gasteiger partial charge in [-0.15, -0.1) is 0 Å². The summed E-state index contributed by atoms with van der Waals surface area (Å²) in [6, 6.07) is 20.0. The summed E-state index contributed by atoms with van der Waals surface area (Å²) in [4.78, 5) is 17.4. The van der Waals surface area contributed by atoms with Gasteiger partial charge >= 0.3 is 0 Å². The lowest BCUT2D eigenvalue weighted by Crippen LogP contribution is -2.37. The van der Waals surface area contributed by atoms with Crippen LogP contribution >= 0.6 is 0 Å². The predicted molar refractivity (Wildman–Crippen MR) is 143 cm³/mol. The maximum Gasteiger partial charge on any atom is 0.234 e. The van der Waals surface area contributed by atoms with Crippen molar-refractivity contribution in [3.63, 3.8) is 0 Å². The van der Waals surface area contributed by atoms with Gasteiger partial charge in [-0.3, -0.25) is 9.52 Å². The minimum absolute atomic E-state index is 0.168. The van der Waals surface area contributed by atoms with Gasteiger partial charge in [0.1, 0.15) is 12.4 Å². The smallest absolute Gasteiger partial charge is 0.234 e. The minimum atomic E-state index is -3.59. The van der Waals surface area contributed by atoms with Gasteiger partial charge in [0.2, 0.25) is 15.9 Å². The lowest BCUT2D eigenvalue weighted by Gasteiger charge is -2.35. The van der Waals surface area contributed by atoms with Crippen LogP contribution in [-0.2, 0) is 26.8 Å². The molecule has 36 heavy (non-hydrogen) atoms. The molecule has 6 nitrogen and oxygen atoms in total. The number of sulfonamides is 1. The number of carbonyl (C=O) groups is 1. The molecule has 7 heteroatoms. The van der Waals surface area contributed by atoms with Gasteiger partial charge in [-0.1, -0.05) is 81.3 Å². The van der Waals surface area contributed by atoms with Gasteiger partial charge in [-0.25, -0.2) is 13.4 Å². The second-order valence-electron chi connectivity index (χ2n) is 10.0. The Bertz CT molecular complexity index is 1260. The van der Waals surface area contributed by atoms with Crippen molar-refractivity contribution >= 4 is 26.8 Å². The zero-order valence-corrected chi connectivity index (χ0v) is 21.9. The summed E-state index contributed by atoms with van der Waals surface area (Å²) in [7, 11) is -3.59. The maximum atomic E-state index is 12.8. The highest BCUT2D eigenvalue weighted by Crippen LogP contribution is 2.40. The standard InChI is InChI=1S/C29H36N2O4S/c1-36(33,34)31-28(32)21-29(19-9-5-3-2-4-6-10-20-29)24-14-17-26(18-15-24)35-22-25-16-13-23-11-7-8-12-27(23)30-25/h7-8,11-18H,2-6,9-10,19-22H2,1H3,(H,31,32). The average molecular weight is 509 g/mol. The molecule has 4 rings (SSSR count). The van der Waals surface area contributed by atoms with Crippen LogP contribution < -0.4 is 9.46 Å². The van der Waals surface area contributed by atoms with E-state index in [1.54, 1.807) is 0 Å². The number of ether oxygens (including phenoxy) is 1. The molecule has 2 aromatic carbocycles. The van der Waals surface area contributed by atoms with Gasteiger partial charge in [0.15, 0.2) is 0 Å². The van der Waals surface area contributed by atoms with Crippen molar-refractivity contribution < 1.29 is 17.9 Å². The van der Waals surface area contributed by atoms with Crippen molar-refractivity contribution in [1.82, 2.24) is 9.71 Å². The van der Waals surface area contributed by atoms with Crippen LogP contribution in [0.25, 0.3) is 10.9 Å². The molecule has 0 bridgehead atoms. The number of hydrogen-bond acceptors (Lipinski definition) is 5. The van der Waals surface area contributed by atoms with E-state index in [1.807, 2.05) is 54.6 Å². The van der Waals surface area contributed by atoms with Crippen molar-refractivity contribution in [2.75, 3.05) is 6.26 Å². The van der Waals surface area contributed by atoms with Crippen LogP contribution in [0.3, 0.4) is 0 Å². The number of aromatic nitrogens is 1. The molecule has 1 amide bonds. The third-order valence-electron chi connectivity index (χ3n) is 7.12. The molecule has 1 aliphatic carbocycles. The van der Waals surface area contributed by atoms with E-state index in [4.69, 9.17) is 4.74 Å². The van der Waals surface area contributed by atoms with E-state index >= 15 is 0 Å². The first-order chi connectivity index (χ1) is 17.3. The fourth-order valence-corrected chi connectivity index (χ4v) is 5.79. The van der Waals surface area contributed by atoms with Crippen LogP contribution in [0.15, 0.2) is 60.7 Å². The number of para-hydroxylation sites is 1. The van der Waals surface area contributed by atoms with Crippen LogP contribution in [0.5, 0.6) is 5.75 Å². The largest absolute Gasteiger partial charge is 0.487 e. The summed E-state index contributed by atoms with van der Waals surface area (Å²) in [6.45, 7) is 0.367. The Morgan fingerprint density at radius 2 is 1.53 bits per heavy atom. The summed E-state index contributed by atoms with van der Waals surface area (Å²) in [5, 5.41) is 1.10. The summed E-state index contributed by atoms with van der Waals surface area (Å²) >= 11 is 0. The number of nitrogens with zero attached hydrogens (tertiary/aromatic N) is 1. The summed E-state index contributed by atoms with van der Waals surface area (Å²) in [5.74, 6) is 0.307. The predicted octanol–water partition coefficient (Wildman–Crippen LogP) is 6.04. The lowest BCUT2D eigenvalue weighted by molar-refractivity contribution is -0.120. The normalized spacial score (nSPS) is 16.8. The Balaban J connectivity index is 1.51. The molecule has 0 aliphatic heterocycles.